The molecule has 0 saturated heterocycles. The minimum absolute atomic E-state index is 0.0354. The molecule has 0 aliphatic heterocycles. The molecule has 7 nitrogen and oxygen atoms in total. The monoisotopic (exact) mass is 434 g/mol. The zero-order valence-electron chi connectivity index (χ0n) is 15.6. The number of hydrogen-bond donors (Lipinski definition) is 3. The number of thiophene rings is 1. The van der Waals surface area contributed by atoms with Crippen molar-refractivity contribution in [2.24, 2.45) is 16.0 Å². The minimum Gasteiger partial charge on any atom is -0.335 e. The molecular formula is C17H27ClN4O3S2. The van der Waals surface area contributed by atoms with E-state index in [0.29, 0.717) is 11.4 Å². The molecule has 1 aromatic heterocycles. The van der Waals surface area contributed by atoms with Crippen LogP contribution in [-0.4, -0.2) is 28.2 Å². The molecule has 1 aliphatic carbocycles. The molecule has 1 aliphatic rings. The summed E-state index contributed by atoms with van der Waals surface area (Å²) in [5, 5.41) is 4.77. The minimum atomic E-state index is -3.51. The second kappa shape index (κ2) is 9.86. The fraction of sp³-hybridized carbons (Fsp3) is 0.647. The van der Waals surface area contributed by atoms with E-state index in [1.807, 2.05) is 13.8 Å². The van der Waals surface area contributed by atoms with Crippen LogP contribution in [0.5, 0.6) is 0 Å². The molecule has 10 heteroatoms. The maximum atomic E-state index is 13.4. The number of urea groups is 1. The third-order valence-corrected chi connectivity index (χ3v) is 7.85. The van der Waals surface area contributed by atoms with Crippen molar-refractivity contribution in [1.82, 2.24) is 10.0 Å². The zero-order valence-corrected chi connectivity index (χ0v) is 18.0. The number of nitrogens with one attached hydrogen (secondary N) is 2. The highest BCUT2D eigenvalue weighted by molar-refractivity contribution is 7.94. The van der Waals surface area contributed by atoms with Crippen LogP contribution in [0.3, 0.4) is 0 Å². The molecule has 152 valence electrons. The number of rotatable bonds is 6. The van der Waals surface area contributed by atoms with Gasteiger partial charge in [0.2, 0.25) is 0 Å². The van der Waals surface area contributed by atoms with Crippen LogP contribution in [0.1, 0.15) is 52.4 Å². The van der Waals surface area contributed by atoms with Gasteiger partial charge in [0, 0.05) is 11.4 Å². The van der Waals surface area contributed by atoms with Gasteiger partial charge in [-0.2, -0.15) is 0 Å². The molecule has 2 atom stereocenters. The summed E-state index contributed by atoms with van der Waals surface area (Å²) in [6, 6.07) is 0.00305. The predicted molar refractivity (Wildman–Crippen MR) is 109 cm³/mol. The van der Waals surface area contributed by atoms with E-state index in [9.17, 15) is 13.8 Å². The van der Waals surface area contributed by atoms with E-state index < -0.39 is 27.9 Å². The predicted octanol–water partition coefficient (Wildman–Crippen LogP) is 3.68. The number of carbonyl (C=O) groups excluding carboxylic acids is 2. The summed E-state index contributed by atoms with van der Waals surface area (Å²) >= 11 is 7.01. The quantitative estimate of drug-likeness (QED) is 0.633. The fourth-order valence-electron chi connectivity index (χ4n) is 2.95. The molecule has 1 aromatic rings. The molecule has 1 fully saturated rings. The Hall–Kier alpha value is -1.16. The van der Waals surface area contributed by atoms with Gasteiger partial charge in [0.15, 0.2) is 9.92 Å². The van der Waals surface area contributed by atoms with Crippen LogP contribution in [0.4, 0.5) is 4.79 Å². The van der Waals surface area contributed by atoms with Gasteiger partial charge < -0.3 is 11.1 Å². The van der Waals surface area contributed by atoms with Crippen molar-refractivity contribution in [1.29, 1.82) is 0 Å². The SMILES string of the molecule is CC(C)CC(N)C(=O)N=S(=O)(NC(=O)NC1CCCCC1)c1cc(Cl)cs1. The molecule has 0 bridgehead atoms. The molecule has 0 spiro atoms. The Bertz CT molecular complexity index is 781. The molecular weight excluding hydrogens is 408 g/mol. The van der Waals surface area contributed by atoms with Crippen molar-refractivity contribution in [3.05, 3.63) is 16.5 Å². The van der Waals surface area contributed by atoms with Crippen LogP contribution in [-0.2, 0) is 14.7 Å². The third kappa shape index (κ3) is 6.74. The van der Waals surface area contributed by atoms with Gasteiger partial charge in [0.25, 0.3) is 5.91 Å². The lowest BCUT2D eigenvalue weighted by molar-refractivity contribution is -0.119. The summed E-state index contributed by atoms with van der Waals surface area (Å²) in [4.78, 5) is 24.8. The average Bonchev–Trinajstić information content (AvgIpc) is 3.02. The highest BCUT2D eigenvalue weighted by Crippen LogP contribution is 2.25. The van der Waals surface area contributed by atoms with Crippen molar-refractivity contribution < 1.29 is 13.8 Å². The van der Waals surface area contributed by atoms with Crippen LogP contribution >= 0.6 is 22.9 Å². The molecule has 0 aromatic carbocycles. The van der Waals surface area contributed by atoms with Crippen LogP contribution < -0.4 is 15.8 Å². The molecule has 2 rings (SSSR count). The van der Waals surface area contributed by atoms with Crippen LogP contribution in [0.15, 0.2) is 20.0 Å². The van der Waals surface area contributed by atoms with E-state index in [-0.39, 0.29) is 16.2 Å². The highest BCUT2D eigenvalue weighted by Gasteiger charge is 2.25. The summed E-state index contributed by atoms with van der Waals surface area (Å²) in [6.45, 7) is 3.86. The van der Waals surface area contributed by atoms with Crippen molar-refractivity contribution in [3.8, 4) is 0 Å². The molecule has 1 saturated carbocycles. The van der Waals surface area contributed by atoms with Crippen molar-refractivity contribution in [2.45, 2.75) is 68.7 Å². The molecule has 4 N–H and O–H groups in total. The zero-order chi connectivity index (χ0) is 20.0. The standard InChI is InChI=1S/C17H27ClN4O3S2/c1-11(2)8-14(19)16(23)21-27(25,15-9-12(18)10-26-15)22-17(24)20-13-6-4-3-5-7-13/h9-11,13-14H,3-8,19H2,1-2H3,(H2,20,21,22,23,24,25). The second-order valence-electron chi connectivity index (χ2n) is 7.19. The largest absolute Gasteiger partial charge is 0.335 e. The van der Waals surface area contributed by atoms with Gasteiger partial charge in [-0.05, 0) is 31.2 Å². The summed E-state index contributed by atoms with van der Waals surface area (Å²) in [5.41, 5.74) is 5.87. The van der Waals surface area contributed by atoms with Crippen molar-refractivity contribution >= 4 is 44.8 Å². The maximum Gasteiger partial charge on any atom is 0.327 e. The van der Waals surface area contributed by atoms with Gasteiger partial charge in [-0.15, -0.1) is 15.7 Å². The topological polar surface area (TPSA) is 114 Å². The maximum absolute atomic E-state index is 13.4. The number of hydrogen-bond acceptors (Lipinski definition) is 5. The highest BCUT2D eigenvalue weighted by atomic mass is 35.5. The Morgan fingerprint density at radius 3 is 2.59 bits per heavy atom. The second-order valence-corrected chi connectivity index (χ2v) is 10.7. The first-order chi connectivity index (χ1) is 12.7. The van der Waals surface area contributed by atoms with Crippen molar-refractivity contribution in [2.75, 3.05) is 0 Å². The third-order valence-electron chi connectivity index (χ3n) is 4.25. The first-order valence-electron chi connectivity index (χ1n) is 9.08. The first-order valence-corrected chi connectivity index (χ1v) is 11.9. The fourth-order valence-corrected chi connectivity index (χ4v) is 5.94. The van der Waals surface area contributed by atoms with E-state index in [4.69, 9.17) is 17.3 Å². The Morgan fingerprint density at radius 2 is 2.04 bits per heavy atom. The van der Waals surface area contributed by atoms with E-state index in [1.54, 1.807) is 5.38 Å². The Balaban J connectivity index is 2.22. The lowest BCUT2D eigenvalue weighted by atomic mass is 9.96. The number of carbonyl (C=O) groups is 2. The van der Waals surface area contributed by atoms with Gasteiger partial charge in [0.05, 0.1) is 11.1 Å². The van der Waals surface area contributed by atoms with Crippen LogP contribution in [0, 0.1) is 5.92 Å². The summed E-state index contributed by atoms with van der Waals surface area (Å²) in [5.74, 6) is -0.509. The number of nitrogens with two attached hydrogens (primary N) is 1. The van der Waals surface area contributed by atoms with E-state index in [2.05, 4.69) is 14.4 Å². The van der Waals surface area contributed by atoms with Crippen molar-refractivity contribution in [3.63, 3.8) is 0 Å². The summed E-state index contributed by atoms with van der Waals surface area (Å²) < 4.78 is 19.8. The number of halogens is 1. The first kappa shape index (κ1) is 22.1. The molecule has 3 amide bonds. The molecule has 0 radical (unpaired) electrons. The van der Waals surface area contributed by atoms with Gasteiger partial charge in [-0.3, -0.25) is 4.79 Å². The lowest BCUT2D eigenvalue weighted by Crippen LogP contribution is -2.45. The smallest absolute Gasteiger partial charge is 0.327 e. The van der Waals surface area contributed by atoms with Crippen LogP contribution in [0.2, 0.25) is 5.02 Å². The normalized spacial score (nSPS) is 18.6. The number of amides is 3. The molecule has 1 heterocycles. The Morgan fingerprint density at radius 1 is 1.37 bits per heavy atom. The van der Waals surface area contributed by atoms with Gasteiger partial charge >= 0.3 is 6.03 Å². The van der Waals surface area contributed by atoms with E-state index in [0.717, 1.165) is 43.4 Å². The van der Waals surface area contributed by atoms with Gasteiger partial charge in [-0.1, -0.05) is 44.7 Å². The van der Waals surface area contributed by atoms with Gasteiger partial charge in [-0.25, -0.2) is 13.7 Å². The summed E-state index contributed by atoms with van der Waals surface area (Å²) in [6.07, 6.45) is 5.43. The molecule has 27 heavy (non-hydrogen) atoms. The average molecular weight is 435 g/mol. The lowest BCUT2D eigenvalue weighted by Gasteiger charge is -2.23. The van der Waals surface area contributed by atoms with E-state index >= 15 is 0 Å². The Kier molecular flexibility index (Phi) is 8.08. The van der Waals surface area contributed by atoms with Gasteiger partial charge in [0.1, 0.15) is 4.21 Å². The Labute approximate surface area is 169 Å². The van der Waals surface area contributed by atoms with E-state index in [1.165, 1.54) is 6.07 Å². The molecule has 2 unspecified atom stereocenters. The number of nitrogens with zero attached hydrogens (tertiary/aromatic N) is 1. The van der Waals surface area contributed by atoms with Crippen LogP contribution in [0.25, 0.3) is 0 Å². The summed E-state index contributed by atoms with van der Waals surface area (Å²) in [7, 11) is -3.51.